The fourth-order valence-corrected chi connectivity index (χ4v) is 2.09. The van der Waals surface area contributed by atoms with Gasteiger partial charge in [-0.1, -0.05) is 44.7 Å². The first-order valence-corrected chi connectivity index (χ1v) is 6.58. The Bertz CT molecular complexity index is 379. The highest BCUT2D eigenvalue weighted by Crippen LogP contribution is 2.29. The molecule has 0 aliphatic rings. The zero-order valence-electron chi connectivity index (χ0n) is 10.8. The number of unbranched alkanes of at least 4 members (excludes halogenated alkanes) is 4. The van der Waals surface area contributed by atoms with Crippen molar-refractivity contribution in [3.63, 3.8) is 0 Å². The molecule has 1 aromatic carbocycles. The van der Waals surface area contributed by atoms with Gasteiger partial charge < -0.3 is 5.11 Å². The predicted molar refractivity (Wildman–Crippen MR) is 71.2 cm³/mol. The van der Waals surface area contributed by atoms with Crippen molar-refractivity contribution in [2.24, 2.45) is 0 Å². The van der Waals surface area contributed by atoms with Crippen LogP contribution in [0.4, 0.5) is 0 Å². The molecule has 1 N–H and O–H groups in total. The van der Waals surface area contributed by atoms with Gasteiger partial charge in [0.2, 0.25) is 6.04 Å². The van der Waals surface area contributed by atoms with E-state index in [1.54, 1.807) is 18.2 Å². The molecule has 0 radical (unpaired) electrons. The molecule has 4 nitrogen and oxygen atoms in total. The zero-order chi connectivity index (χ0) is 13.4. The fourth-order valence-electron chi connectivity index (χ4n) is 2.09. The van der Waals surface area contributed by atoms with E-state index in [4.69, 9.17) is 0 Å². The first-order chi connectivity index (χ1) is 8.66. The van der Waals surface area contributed by atoms with E-state index in [9.17, 15) is 15.2 Å². The lowest BCUT2D eigenvalue weighted by Gasteiger charge is -2.11. The van der Waals surface area contributed by atoms with Gasteiger partial charge >= 0.3 is 0 Å². The number of benzene rings is 1. The van der Waals surface area contributed by atoms with Crippen LogP contribution < -0.4 is 0 Å². The third-order valence-electron chi connectivity index (χ3n) is 3.13. The van der Waals surface area contributed by atoms with Crippen molar-refractivity contribution in [1.29, 1.82) is 0 Å². The van der Waals surface area contributed by atoms with Gasteiger partial charge in [0.15, 0.2) is 0 Å². The van der Waals surface area contributed by atoms with Crippen molar-refractivity contribution in [2.75, 3.05) is 0 Å². The van der Waals surface area contributed by atoms with Crippen molar-refractivity contribution >= 4 is 0 Å². The van der Waals surface area contributed by atoms with Crippen LogP contribution in [0, 0.1) is 10.1 Å². The van der Waals surface area contributed by atoms with E-state index in [2.05, 4.69) is 6.92 Å². The maximum atomic E-state index is 11.1. The van der Waals surface area contributed by atoms with E-state index in [1.165, 1.54) is 12.5 Å². The van der Waals surface area contributed by atoms with Gasteiger partial charge in [0, 0.05) is 11.3 Å². The van der Waals surface area contributed by atoms with Crippen molar-refractivity contribution in [2.45, 2.75) is 51.5 Å². The lowest BCUT2D eigenvalue weighted by molar-refractivity contribution is -0.530. The Balaban J connectivity index is 2.56. The minimum atomic E-state index is -0.784. The molecule has 0 saturated carbocycles. The Hall–Kier alpha value is -1.58. The van der Waals surface area contributed by atoms with Gasteiger partial charge in [-0.05, 0) is 18.6 Å². The highest BCUT2D eigenvalue weighted by atomic mass is 16.6. The molecule has 1 aromatic rings. The third kappa shape index (κ3) is 4.35. The smallest absolute Gasteiger partial charge is 0.241 e. The largest absolute Gasteiger partial charge is 0.507 e. The molecule has 0 heterocycles. The van der Waals surface area contributed by atoms with Gasteiger partial charge in [0.25, 0.3) is 0 Å². The number of rotatable bonds is 8. The summed E-state index contributed by atoms with van der Waals surface area (Å²) in [7, 11) is 0. The third-order valence-corrected chi connectivity index (χ3v) is 3.13. The monoisotopic (exact) mass is 251 g/mol. The van der Waals surface area contributed by atoms with Crippen LogP contribution in [-0.4, -0.2) is 10.0 Å². The van der Waals surface area contributed by atoms with Crippen molar-refractivity contribution in [3.05, 3.63) is 39.9 Å². The first-order valence-electron chi connectivity index (χ1n) is 6.58. The molecule has 0 bridgehead atoms. The lowest BCUT2D eigenvalue weighted by Crippen LogP contribution is -2.10. The van der Waals surface area contributed by atoms with Gasteiger partial charge in [-0.25, -0.2) is 0 Å². The van der Waals surface area contributed by atoms with Crippen LogP contribution in [0.5, 0.6) is 5.75 Å². The van der Waals surface area contributed by atoms with Crippen LogP contribution in [0.2, 0.25) is 0 Å². The second-order valence-electron chi connectivity index (χ2n) is 4.56. The minimum absolute atomic E-state index is 0.0211. The molecule has 0 amide bonds. The topological polar surface area (TPSA) is 63.4 Å². The maximum Gasteiger partial charge on any atom is 0.241 e. The summed E-state index contributed by atoms with van der Waals surface area (Å²) in [6.45, 7) is 2.14. The van der Waals surface area contributed by atoms with E-state index in [1.807, 2.05) is 0 Å². The average Bonchev–Trinajstić information content (AvgIpc) is 2.35. The van der Waals surface area contributed by atoms with E-state index in [0.29, 0.717) is 12.0 Å². The van der Waals surface area contributed by atoms with Crippen molar-refractivity contribution in [1.82, 2.24) is 0 Å². The zero-order valence-corrected chi connectivity index (χ0v) is 10.8. The number of nitrogens with zero attached hydrogens (tertiary/aromatic N) is 1. The van der Waals surface area contributed by atoms with Crippen LogP contribution in [0.1, 0.15) is 57.1 Å². The van der Waals surface area contributed by atoms with E-state index in [-0.39, 0.29) is 10.7 Å². The van der Waals surface area contributed by atoms with Gasteiger partial charge in [-0.2, -0.15) is 0 Å². The number of nitro groups is 1. The van der Waals surface area contributed by atoms with Gasteiger partial charge in [0.1, 0.15) is 5.75 Å². The van der Waals surface area contributed by atoms with Crippen LogP contribution in [0.3, 0.4) is 0 Å². The molecule has 0 aliphatic heterocycles. The molecule has 0 fully saturated rings. The Kier molecular flexibility index (Phi) is 6.19. The Labute approximate surface area is 108 Å². The molecular weight excluding hydrogens is 230 g/mol. The Morgan fingerprint density at radius 1 is 1.22 bits per heavy atom. The Morgan fingerprint density at radius 3 is 2.50 bits per heavy atom. The van der Waals surface area contributed by atoms with E-state index < -0.39 is 6.04 Å². The number of phenolic OH excluding ortho intramolecular Hbond substituents is 1. The second-order valence-corrected chi connectivity index (χ2v) is 4.56. The summed E-state index contributed by atoms with van der Waals surface area (Å²) in [5.74, 6) is 0.0211. The average molecular weight is 251 g/mol. The van der Waals surface area contributed by atoms with Crippen LogP contribution in [0.25, 0.3) is 0 Å². The second kappa shape index (κ2) is 7.69. The molecule has 1 unspecified atom stereocenters. The van der Waals surface area contributed by atoms with Crippen LogP contribution in [-0.2, 0) is 0 Å². The molecule has 1 rings (SSSR count). The van der Waals surface area contributed by atoms with Crippen molar-refractivity contribution < 1.29 is 10.0 Å². The molecule has 18 heavy (non-hydrogen) atoms. The molecular formula is C14H21NO3. The van der Waals surface area contributed by atoms with E-state index >= 15 is 0 Å². The highest BCUT2D eigenvalue weighted by molar-refractivity contribution is 5.33. The number of para-hydroxylation sites is 1. The SMILES string of the molecule is CCCCCCCC(c1ccccc1O)[N+](=O)[O-]. The lowest BCUT2D eigenvalue weighted by atomic mass is 9.99. The standard InChI is InChI=1S/C14H21NO3/c1-2-3-4-5-6-10-13(15(17)18)12-9-7-8-11-14(12)16/h7-9,11,13,16H,2-6,10H2,1H3. The van der Waals surface area contributed by atoms with Crippen LogP contribution in [0.15, 0.2) is 24.3 Å². The molecule has 0 saturated heterocycles. The van der Waals surface area contributed by atoms with Gasteiger partial charge in [-0.15, -0.1) is 0 Å². The number of hydrogen-bond donors (Lipinski definition) is 1. The number of hydrogen-bond acceptors (Lipinski definition) is 3. The summed E-state index contributed by atoms with van der Waals surface area (Å²) < 4.78 is 0. The molecule has 0 aromatic heterocycles. The molecule has 0 aliphatic carbocycles. The van der Waals surface area contributed by atoms with E-state index in [0.717, 1.165) is 25.7 Å². The number of aromatic hydroxyl groups is 1. The summed E-state index contributed by atoms with van der Waals surface area (Å²) in [5.41, 5.74) is 0.429. The minimum Gasteiger partial charge on any atom is -0.507 e. The quantitative estimate of drug-likeness (QED) is 0.430. The normalized spacial score (nSPS) is 12.3. The Morgan fingerprint density at radius 2 is 1.89 bits per heavy atom. The molecule has 100 valence electrons. The summed E-state index contributed by atoms with van der Waals surface area (Å²) in [6.07, 6.45) is 5.82. The highest BCUT2D eigenvalue weighted by Gasteiger charge is 2.24. The number of phenols is 1. The summed E-state index contributed by atoms with van der Waals surface area (Å²) >= 11 is 0. The maximum absolute atomic E-state index is 11.1. The summed E-state index contributed by atoms with van der Waals surface area (Å²) in [5, 5.41) is 20.7. The molecule has 1 atom stereocenters. The van der Waals surface area contributed by atoms with Crippen molar-refractivity contribution in [3.8, 4) is 5.75 Å². The van der Waals surface area contributed by atoms with Gasteiger partial charge in [0.05, 0.1) is 5.56 Å². The molecule has 0 spiro atoms. The summed E-state index contributed by atoms with van der Waals surface area (Å²) in [4.78, 5) is 10.8. The first kappa shape index (κ1) is 14.5. The summed E-state index contributed by atoms with van der Waals surface area (Å²) in [6, 6.07) is 5.75. The fraction of sp³-hybridized carbons (Fsp3) is 0.571. The van der Waals surface area contributed by atoms with Crippen LogP contribution >= 0.6 is 0 Å². The van der Waals surface area contributed by atoms with Gasteiger partial charge in [-0.3, -0.25) is 10.1 Å². The predicted octanol–water partition coefficient (Wildman–Crippen LogP) is 4.07. The molecule has 4 heteroatoms.